The smallest absolute Gasteiger partial charge is 0.214 e. The summed E-state index contributed by atoms with van der Waals surface area (Å²) in [5.41, 5.74) is 1.26. The zero-order valence-electron chi connectivity index (χ0n) is 16.3. The Labute approximate surface area is 163 Å². The standard InChI is InChI=1S/C20H33N3O3S/c1-2-3-7-14-27(25,26)23-12-10-22(11-13-23)19-16-21(17-20(19)24)15-18-8-5-4-6-9-18/h4-6,8-9,19-20,24H,2-3,7,10-17H2,1H3. The lowest BCUT2D eigenvalue weighted by Crippen LogP contribution is -2.55. The number of aliphatic hydroxyl groups is 1. The minimum absolute atomic E-state index is 0.0960. The summed E-state index contributed by atoms with van der Waals surface area (Å²) in [4.78, 5) is 4.56. The molecule has 2 atom stereocenters. The second-order valence-corrected chi connectivity index (χ2v) is 9.86. The Kier molecular flexibility index (Phi) is 7.28. The first-order chi connectivity index (χ1) is 13.0. The Morgan fingerprint density at radius 3 is 2.41 bits per heavy atom. The molecule has 0 aliphatic carbocycles. The first-order valence-electron chi connectivity index (χ1n) is 10.2. The molecule has 2 unspecified atom stereocenters. The molecular weight excluding hydrogens is 362 g/mol. The summed E-state index contributed by atoms with van der Waals surface area (Å²) in [5.74, 6) is 0.262. The van der Waals surface area contributed by atoms with E-state index in [2.05, 4.69) is 28.9 Å². The van der Waals surface area contributed by atoms with Gasteiger partial charge in [0.1, 0.15) is 0 Å². The highest BCUT2D eigenvalue weighted by molar-refractivity contribution is 7.89. The minimum atomic E-state index is -3.13. The molecule has 0 amide bonds. The van der Waals surface area contributed by atoms with Gasteiger partial charge < -0.3 is 5.11 Å². The number of piperazine rings is 1. The van der Waals surface area contributed by atoms with Crippen LogP contribution in [-0.2, 0) is 16.6 Å². The van der Waals surface area contributed by atoms with Crippen LogP contribution in [0.2, 0.25) is 0 Å². The van der Waals surface area contributed by atoms with Crippen molar-refractivity contribution in [2.75, 3.05) is 45.0 Å². The molecule has 2 heterocycles. The fourth-order valence-electron chi connectivity index (χ4n) is 4.15. The van der Waals surface area contributed by atoms with Gasteiger partial charge in [-0.2, -0.15) is 4.31 Å². The molecule has 2 aliphatic rings. The van der Waals surface area contributed by atoms with Crippen molar-refractivity contribution < 1.29 is 13.5 Å². The van der Waals surface area contributed by atoms with Crippen LogP contribution in [0.5, 0.6) is 0 Å². The Hall–Kier alpha value is -0.990. The summed E-state index contributed by atoms with van der Waals surface area (Å²) in [5, 5.41) is 10.5. The molecule has 7 heteroatoms. The molecule has 2 fully saturated rings. The summed E-state index contributed by atoms with van der Waals surface area (Å²) in [6.07, 6.45) is 2.36. The van der Waals surface area contributed by atoms with Crippen molar-refractivity contribution in [2.24, 2.45) is 0 Å². The van der Waals surface area contributed by atoms with E-state index in [4.69, 9.17) is 0 Å². The lowest BCUT2D eigenvalue weighted by Gasteiger charge is -2.38. The van der Waals surface area contributed by atoms with Crippen LogP contribution in [0.25, 0.3) is 0 Å². The maximum absolute atomic E-state index is 12.5. The van der Waals surface area contributed by atoms with E-state index in [1.165, 1.54) is 5.56 Å². The summed E-state index contributed by atoms with van der Waals surface area (Å²) >= 11 is 0. The molecule has 27 heavy (non-hydrogen) atoms. The third-order valence-corrected chi connectivity index (χ3v) is 7.68. The highest BCUT2D eigenvalue weighted by atomic mass is 32.2. The number of β-amino-alcohol motifs (C(OH)–C–C–N with tert-alkyl or cyclic N) is 1. The van der Waals surface area contributed by atoms with E-state index in [1.54, 1.807) is 4.31 Å². The maximum atomic E-state index is 12.5. The average molecular weight is 396 g/mol. The second kappa shape index (κ2) is 9.47. The monoisotopic (exact) mass is 395 g/mol. The van der Waals surface area contributed by atoms with E-state index < -0.39 is 10.0 Å². The van der Waals surface area contributed by atoms with Gasteiger partial charge in [0.25, 0.3) is 0 Å². The molecule has 152 valence electrons. The Balaban J connectivity index is 1.49. The topological polar surface area (TPSA) is 64.1 Å². The van der Waals surface area contributed by atoms with Crippen molar-refractivity contribution in [3.8, 4) is 0 Å². The Morgan fingerprint density at radius 2 is 1.74 bits per heavy atom. The fraction of sp³-hybridized carbons (Fsp3) is 0.700. The first-order valence-corrected chi connectivity index (χ1v) is 11.8. The van der Waals surface area contributed by atoms with Gasteiger partial charge in [-0.3, -0.25) is 9.80 Å². The second-order valence-electron chi connectivity index (χ2n) is 7.77. The number of benzene rings is 1. The van der Waals surface area contributed by atoms with E-state index in [0.29, 0.717) is 32.7 Å². The predicted octanol–water partition coefficient (Wildman–Crippen LogP) is 1.37. The van der Waals surface area contributed by atoms with Crippen LogP contribution < -0.4 is 0 Å². The number of hydrogen-bond donors (Lipinski definition) is 1. The van der Waals surface area contributed by atoms with Crippen LogP contribution in [0, 0.1) is 0 Å². The highest BCUT2D eigenvalue weighted by Gasteiger charge is 2.38. The number of likely N-dealkylation sites (tertiary alicyclic amines) is 1. The lowest BCUT2D eigenvalue weighted by atomic mass is 10.1. The van der Waals surface area contributed by atoms with E-state index in [0.717, 1.165) is 32.4 Å². The van der Waals surface area contributed by atoms with Crippen LogP contribution in [0.3, 0.4) is 0 Å². The Morgan fingerprint density at radius 1 is 1.04 bits per heavy atom. The number of hydrogen-bond acceptors (Lipinski definition) is 5. The normalized spacial score (nSPS) is 25.9. The number of unbranched alkanes of at least 4 members (excludes halogenated alkanes) is 2. The van der Waals surface area contributed by atoms with Gasteiger partial charge in [-0.05, 0) is 12.0 Å². The van der Waals surface area contributed by atoms with Crippen molar-refractivity contribution >= 4 is 10.0 Å². The van der Waals surface area contributed by atoms with Crippen LogP contribution in [0.15, 0.2) is 30.3 Å². The van der Waals surface area contributed by atoms with Gasteiger partial charge >= 0.3 is 0 Å². The number of sulfonamides is 1. The summed E-state index contributed by atoms with van der Waals surface area (Å²) in [6, 6.07) is 10.4. The molecule has 0 aromatic heterocycles. The van der Waals surface area contributed by atoms with E-state index in [9.17, 15) is 13.5 Å². The van der Waals surface area contributed by atoms with E-state index in [-0.39, 0.29) is 17.9 Å². The van der Waals surface area contributed by atoms with Crippen molar-refractivity contribution in [1.29, 1.82) is 0 Å². The van der Waals surface area contributed by atoms with Gasteiger partial charge in [-0.1, -0.05) is 50.1 Å². The molecule has 3 rings (SSSR count). The highest BCUT2D eigenvalue weighted by Crippen LogP contribution is 2.21. The largest absolute Gasteiger partial charge is 0.390 e. The molecule has 2 saturated heterocycles. The minimum Gasteiger partial charge on any atom is -0.390 e. The van der Waals surface area contributed by atoms with Crippen molar-refractivity contribution in [3.63, 3.8) is 0 Å². The van der Waals surface area contributed by atoms with Crippen molar-refractivity contribution in [2.45, 2.75) is 44.9 Å². The van der Waals surface area contributed by atoms with Gasteiger partial charge in [-0.15, -0.1) is 0 Å². The number of aliphatic hydroxyl groups excluding tert-OH is 1. The molecule has 6 nitrogen and oxygen atoms in total. The predicted molar refractivity (Wildman–Crippen MR) is 108 cm³/mol. The van der Waals surface area contributed by atoms with Crippen molar-refractivity contribution in [3.05, 3.63) is 35.9 Å². The first kappa shape index (κ1) is 20.7. The van der Waals surface area contributed by atoms with Crippen LogP contribution in [-0.4, -0.2) is 84.8 Å². The van der Waals surface area contributed by atoms with Crippen LogP contribution in [0.1, 0.15) is 31.7 Å². The van der Waals surface area contributed by atoms with Gasteiger partial charge in [0.15, 0.2) is 0 Å². The SMILES string of the molecule is CCCCCS(=O)(=O)N1CCN(C2CN(Cc3ccccc3)CC2O)CC1. The quantitative estimate of drug-likeness (QED) is 0.674. The van der Waals surface area contributed by atoms with Gasteiger partial charge in [0.2, 0.25) is 10.0 Å². The van der Waals surface area contributed by atoms with Crippen LogP contribution in [0.4, 0.5) is 0 Å². The summed E-state index contributed by atoms with van der Waals surface area (Å²) in [6.45, 7) is 6.92. The molecule has 1 aromatic rings. The average Bonchev–Trinajstić information content (AvgIpc) is 3.03. The third kappa shape index (κ3) is 5.51. The molecule has 2 aliphatic heterocycles. The van der Waals surface area contributed by atoms with Gasteiger partial charge in [-0.25, -0.2) is 8.42 Å². The summed E-state index contributed by atoms with van der Waals surface area (Å²) < 4.78 is 26.6. The summed E-state index contributed by atoms with van der Waals surface area (Å²) in [7, 11) is -3.13. The zero-order chi connectivity index (χ0) is 19.3. The van der Waals surface area contributed by atoms with Crippen molar-refractivity contribution in [1.82, 2.24) is 14.1 Å². The zero-order valence-corrected chi connectivity index (χ0v) is 17.1. The lowest BCUT2D eigenvalue weighted by molar-refractivity contribution is 0.0618. The maximum Gasteiger partial charge on any atom is 0.214 e. The number of rotatable bonds is 8. The molecule has 1 aromatic carbocycles. The van der Waals surface area contributed by atoms with Gasteiger partial charge in [0, 0.05) is 51.9 Å². The molecule has 0 radical (unpaired) electrons. The molecule has 0 bridgehead atoms. The van der Waals surface area contributed by atoms with Crippen LogP contribution >= 0.6 is 0 Å². The van der Waals surface area contributed by atoms with E-state index in [1.807, 2.05) is 18.2 Å². The third-order valence-electron chi connectivity index (χ3n) is 5.73. The molecule has 0 saturated carbocycles. The van der Waals surface area contributed by atoms with E-state index >= 15 is 0 Å². The Bertz CT molecular complexity index is 675. The molecule has 0 spiro atoms. The molecule has 1 N–H and O–H groups in total. The van der Waals surface area contributed by atoms with Gasteiger partial charge in [0.05, 0.1) is 11.9 Å². The molecular formula is C20H33N3O3S. The fourth-order valence-corrected chi connectivity index (χ4v) is 5.70. The number of nitrogens with zero attached hydrogens (tertiary/aromatic N) is 3.